The molecule has 0 saturated carbocycles. The first-order valence-electron chi connectivity index (χ1n) is 5.95. The Kier molecular flexibility index (Phi) is 3.95. The quantitative estimate of drug-likeness (QED) is 0.874. The molecule has 0 unspecified atom stereocenters. The fraction of sp³-hybridized carbons (Fsp3) is 0.385. The van der Waals surface area contributed by atoms with Crippen LogP contribution in [0.3, 0.4) is 0 Å². The van der Waals surface area contributed by atoms with Crippen LogP contribution in [-0.2, 0) is 4.79 Å². The minimum absolute atomic E-state index is 0.0258. The Morgan fingerprint density at radius 2 is 1.84 bits per heavy atom. The van der Waals surface area contributed by atoms with Gasteiger partial charge in [-0.3, -0.25) is 4.79 Å². The minimum atomic E-state index is -1.07. The van der Waals surface area contributed by atoms with E-state index < -0.39 is 18.0 Å². The number of rotatable bonds is 2. The molecule has 1 heterocycles. The van der Waals surface area contributed by atoms with Crippen LogP contribution in [0.1, 0.15) is 17.9 Å². The molecule has 0 radical (unpaired) electrons. The lowest BCUT2D eigenvalue weighted by atomic mass is 9.80. The molecule has 102 valence electrons. The summed E-state index contributed by atoms with van der Waals surface area (Å²) in [5, 5.41) is 18.8. The number of aliphatic carboxylic acids is 1. The second kappa shape index (κ2) is 5.48. The molecule has 2 rings (SSSR count). The zero-order chi connectivity index (χ0) is 14.0. The van der Waals surface area contributed by atoms with Crippen molar-refractivity contribution in [2.75, 3.05) is 13.1 Å². The highest BCUT2D eigenvalue weighted by Crippen LogP contribution is 2.33. The molecule has 1 aromatic rings. The van der Waals surface area contributed by atoms with Gasteiger partial charge in [-0.1, -0.05) is 23.7 Å². The maximum absolute atomic E-state index is 11.3. The number of amides is 1. The van der Waals surface area contributed by atoms with Gasteiger partial charge in [-0.2, -0.15) is 0 Å². The third kappa shape index (κ3) is 2.98. The average molecular weight is 284 g/mol. The Labute approximate surface area is 115 Å². The summed E-state index contributed by atoms with van der Waals surface area (Å²) in [7, 11) is 0. The predicted octanol–water partition coefficient (Wildman–Crippen LogP) is 2.51. The lowest BCUT2D eigenvalue weighted by molar-refractivity contribution is -0.144. The smallest absolute Gasteiger partial charge is 0.407 e. The Balaban J connectivity index is 2.22. The summed E-state index contributed by atoms with van der Waals surface area (Å²) >= 11 is 5.81. The van der Waals surface area contributed by atoms with E-state index in [1.807, 2.05) is 0 Å². The minimum Gasteiger partial charge on any atom is -0.481 e. The van der Waals surface area contributed by atoms with Gasteiger partial charge in [0, 0.05) is 24.0 Å². The van der Waals surface area contributed by atoms with E-state index in [0.29, 0.717) is 18.0 Å². The fourth-order valence-corrected chi connectivity index (χ4v) is 2.61. The fourth-order valence-electron chi connectivity index (χ4n) is 2.48. The largest absolute Gasteiger partial charge is 0.481 e. The van der Waals surface area contributed by atoms with E-state index in [1.54, 1.807) is 24.3 Å². The predicted molar refractivity (Wildman–Crippen MR) is 69.5 cm³/mol. The summed E-state index contributed by atoms with van der Waals surface area (Å²) in [5.41, 5.74) is 0.891. The van der Waals surface area contributed by atoms with Gasteiger partial charge in [0.2, 0.25) is 0 Å². The number of hydrogen-bond acceptors (Lipinski definition) is 2. The molecule has 2 atom stereocenters. The first-order valence-corrected chi connectivity index (χ1v) is 6.33. The molecule has 6 heteroatoms. The van der Waals surface area contributed by atoms with Gasteiger partial charge in [0.05, 0.1) is 5.92 Å². The Morgan fingerprint density at radius 3 is 2.37 bits per heavy atom. The molecule has 0 spiro atoms. The number of halogens is 1. The highest BCUT2D eigenvalue weighted by atomic mass is 35.5. The van der Waals surface area contributed by atoms with Crippen LogP contribution in [-0.4, -0.2) is 40.3 Å². The summed E-state index contributed by atoms with van der Waals surface area (Å²) in [6.07, 6.45) is -0.564. The second-order valence-corrected chi connectivity index (χ2v) is 5.06. The number of piperidine rings is 1. The highest BCUT2D eigenvalue weighted by molar-refractivity contribution is 6.30. The van der Waals surface area contributed by atoms with Crippen LogP contribution in [0.2, 0.25) is 5.02 Å². The van der Waals surface area contributed by atoms with Crippen LogP contribution >= 0.6 is 11.6 Å². The molecule has 2 N–H and O–H groups in total. The van der Waals surface area contributed by atoms with Gasteiger partial charge in [0.25, 0.3) is 0 Å². The van der Waals surface area contributed by atoms with Crippen molar-refractivity contribution in [3.05, 3.63) is 34.9 Å². The SMILES string of the molecule is O=C(O)[C@@H]1CN(C(=O)O)CC[C@H]1c1ccc(Cl)cc1. The van der Waals surface area contributed by atoms with E-state index in [2.05, 4.69) is 0 Å². The van der Waals surface area contributed by atoms with Crippen LogP contribution in [0, 0.1) is 5.92 Å². The van der Waals surface area contributed by atoms with Crippen molar-refractivity contribution in [2.24, 2.45) is 5.92 Å². The van der Waals surface area contributed by atoms with E-state index in [1.165, 1.54) is 0 Å². The number of likely N-dealkylation sites (tertiary alicyclic amines) is 1. The van der Waals surface area contributed by atoms with Crippen molar-refractivity contribution < 1.29 is 19.8 Å². The summed E-state index contributed by atoms with van der Waals surface area (Å²) < 4.78 is 0. The Bertz CT molecular complexity index is 488. The number of nitrogens with zero attached hydrogens (tertiary/aromatic N) is 1. The van der Waals surface area contributed by atoms with Crippen molar-refractivity contribution in [2.45, 2.75) is 12.3 Å². The molecule has 1 amide bonds. The number of benzene rings is 1. The maximum atomic E-state index is 11.3. The molecule has 1 aliphatic heterocycles. The lowest BCUT2D eigenvalue weighted by Gasteiger charge is -2.35. The summed E-state index contributed by atoms with van der Waals surface area (Å²) in [6, 6.07) is 7.05. The zero-order valence-corrected chi connectivity index (χ0v) is 10.9. The summed E-state index contributed by atoms with van der Waals surface area (Å²) in [6.45, 7) is 0.379. The van der Waals surface area contributed by atoms with Crippen LogP contribution in [0.5, 0.6) is 0 Å². The monoisotopic (exact) mass is 283 g/mol. The van der Waals surface area contributed by atoms with Crippen molar-refractivity contribution in [3.63, 3.8) is 0 Å². The molecule has 19 heavy (non-hydrogen) atoms. The van der Waals surface area contributed by atoms with E-state index in [0.717, 1.165) is 10.5 Å². The van der Waals surface area contributed by atoms with Crippen LogP contribution in [0.25, 0.3) is 0 Å². The molecule has 0 bridgehead atoms. The zero-order valence-electron chi connectivity index (χ0n) is 10.1. The van der Waals surface area contributed by atoms with E-state index >= 15 is 0 Å². The third-order valence-electron chi connectivity index (χ3n) is 3.50. The van der Waals surface area contributed by atoms with Gasteiger partial charge in [-0.05, 0) is 24.1 Å². The van der Waals surface area contributed by atoms with E-state index in [-0.39, 0.29) is 12.5 Å². The first kappa shape index (κ1) is 13.7. The molecular weight excluding hydrogens is 270 g/mol. The van der Waals surface area contributed by atoms with E-state index in [4.69, 9.17) is 16.7 Å². The van der Waals surface area contributed by atoms with Crippen LogP contribution < -0.4 is 0 Å². The van der Waals surface area contributed by atoms with Gasteiger partial charge in [-0.25, -0.2) is 4.79 Å². The van der Waals surface area contributed by atoms with Crippen LogP contribution in [0.4, 0.5) is 4.79 Å². The molecule has 5 nitrogen and oxygen atoms in total. The summed E-state index contributed by atoms with van der Waals surface area (Å²) in [5.74, 6) is -1.86. The molecule has 1 aliphatic rings. The molecule has 1 aromatic carbocycles. The molecule has 0 aromatic heterocycles. The third-order valence-corrected chi connectivity index (χ3v) is 3.75. The maximum Gasteiger partial charge on any atom is 0.407 e. The van der Waals surface area contributed by atoms with Crippen molar-refractivity contribution in [1.82, 2.24) is 4.90 Å². The van der Waals surface area contributed by atoms with Gasteiger partial charge in [0.15, 0.2) is 0 Å². The van der Waals surface area contributed by atoms with Gasteiger partial charge < -0.3 is 15.1 Å². The number of carbonyl (C=O) groups is 2. The van der Waals surface area contributed by atoms with Gasteiger partial charge >= 0.3 is 12.1 Å². The number of carboxylic acids is 1. The number of carboxylic acid groups (broad SMARTS) is 2. The highest BCUT2D eigenvalue weighted by Gasteiger charge is 2.36. The van der Waals surface area contributed by atoms with Crippen molar-refractivity contribution in [3.8, 4) is 0 Å². The van der Waals surface area contributed by atoms with Crippen molar-refractivity contribution >= 4 is 23.7 Å². The molecular formula is C13H14ClNO4. The second-order valence-electron chi connectivity index (χ2n) is 4.62. The average Bonchev–Trinajstić information content (AvgIpc) is 2.38. The van der Waals surface area contributed by atoms with Gasteiger partial charge in [0.1, 0.15) is 0 Å². The van der Waals surface area contributed by atoms with E-state index in [9.17, 15) is 14.7 Å². The molecule has 1 fully saturated rings. The van der Waals surface area contributed by atoms with Crippen molar-refractivity contribution in [1.29, 1.82) is 0 Å². The first-order chi connectivity index (χ1) is 8.99. The summed E-state index contributed by atoms with van der Waals surface area (Å²) in [4.78, 5) is 23.4. The van der Waals surface area contributed by atoms with Crippen LogP contribution in [0.15, 0.2) is 24.3 Å². The Hall–Kier alpha value is -1.75. The standard InChI is InChI=1S/C13H14ClNO4/c14-9-3-1-8(2-4-9)10-5-6-15(13(18)19)7-11(10)12(16)17/h1-4,10-11H,5-7H2,(H,16,17)(H,18,19)/t10-,11+/m0/s1. The topological polar surface area (TPSA) is 77.8 Å². The molecule has 0 aliphatic carbocycles. The number of hydrogen-bond donors (Lipinski definition) is 2. The molecule has 1 saturated heterocycles. The Morgan fingerprint density at radius 1 is 1.21 bits per heavy atom. The normalized spacial score (nSPS) is 23.1. The lowest BCUT2D eigenvalue weighted by Crippen LogP contribution is -2.45. The van der Waals surface area contributed by atoms with Gasteiger partial charge in [-0.15, -0.1) is 0 Å².